The van der Waals surface area contributed by atoms with E-state index in [0.29, 0.717) is 34.6 Å². The minimum Gasteiger partial charge on any atom is -0.493 e. The first-order chi connectivity index (χ1) is 14.5. The number of carbonyl (C=O) groups excluding carboxylic acids is 1. The summed E-state index contributed by atoms with van der Waals surface area (Å²) in [4.78, 5) is 35.1. The van der Waals surface area contributed by atoms with Gasteiger partial charge in [-0.3, -0.25) is 14.6 Å². The lowest BCUT2D eigenvalue weighted by Crippen LogP contribution is -2.36. The molecule has 3 heterocycles. The first-order valence-electron chi connectivity index (χ1n) is 10.0. The fraction of sp³-hybridized carbons (Fsp3) is 0.476. The number of ether oxygens (including phenoxy) is 3. The highest BCUT2D eigenvalue weighted by molar-refractivity contribution is 5.94. The van der Waals surface area contributed by atoms with E-state index in [0.717, 1.165) is 31.5 Å². The van der Waals surface area contributed by atoms with Crippen LogP contribution in [-0.2, 0) is 4.79 Å². The van der Waals surface area contributed by atoms with Crippen molar-refractivity contribution < 1.29 is 19.0 Å². The number of piperidine rings is 1. The molecule has 0 saturated carbocycles. The summed E-state index contributed by atoms with van der Waals surface area (Å²) in [5, 5.41) is 2.78. The molecule has 1 aromatic carbocycles. The normalized spacial score (nSPS) is 18.4. The van der Waals surface area contributed by atoms with Gasteiger partial charge in [0.25, 0.3) is 5.56 Å². The maximum absolute atomic E-state index is 13.1. The molecule has 2 N–H and O–H groups in total. The van der Waals surface area contributed by atoms with E-state index in [1.54, 1.807) is 12.1 Å². The molecule has 9 heteroatoms. The fourth-order valence-corrected chi connectivity index (χ4v) is 4.20. The van der Waals surface area contributed by atoms with Crippen LogP contribution in [0.2, 0.25) is 0 Å². The summed E-state index contributed by atoms with van der Waals surface area (Å²) >= 11 is 0. The Morgan fingerprint density at radius 2 is 1.67 bits per heavy atom. The second-order valence-corrected chi connectivity index (χ2v) is 7.46. The Hall–Kier alpha value is -3.23. The van der Waals surface area contributed by atoms with Crippen LogP contribution in [0.4, 0.5) is 11.8 Å². The Kier molecular flexibility index (Phi) is 5.52. The molecule has 1 atom stereocenters. The fourth-order valence-electron chi connectivity index (χ4n) is 4.20. The van der Waals surface area contributed by atoms with Crippen molar-refractivity contribution in [2.24, 2.45) is 0 Å². The van der Waals surface area contributed by atoms with Gasteiger partial charge in [-0.2, -0.15) is 4.98 Å². The zero-order chi connectivity index (χ0) is 21.3. The van der Waals surface area contributed by atoms with Gasteiger partial charge in [-0.25, -0.2) is 0 Å². The number of hydrogen-bond acceptors (Lipinski definition) is 7. The van der Waals surface area contributed by atoms with Gasteiger partial charge in [0.15, 0.2) is 11.5 Å². The van der Waals surface area contributed by atoms with Gasteiger partial charge in [0.05, 0.1) is 26.9 Å². The number of methoxy groups -OCH3 is 3. The molecule has 0 spiro atoms. The van der Waals surface area contributed by atoms with Crippen molar-refractivity contribution in [2.75, 3.05) is 44.6 Å². The summed E-state index contributed by atoms with van der Waals surface area (Å²) in [6.07, 6.45) is 3.41. The Morgan fingerprint density at radius 1 is 1.00 bits per heavy atom. The van der Waals surface area contributed by atoms with Crippen LogP contribution in [0.15, 0.2) is 16.9 Å². The molecule has 2 aliphatic rings. The Balaban J connectivity index is 1.81. The largest absolute Gasteiger partial charge is 0.493 e. The molecule has 1 aromatic heterocycles. The highest BCUT2D eigenvalue weighted by Crippen LogP contribution is 2.43. The molecule has 1 saturated heterocycles. The van der Waals surface area contributed by atoms with Crippen LogP contribution < -0.4 is 30.0 Å². The van der Waals surface area contributed by atoms with E-state index < -0.39 is 5.92 Å². The third-order valence-corrected chi connectivity index (χ3v) is 5.68. The minimum atomic E-state index is -0.478. The molecule has 0 aliphatic carbocycles. The van der Waals surface area contributed by atoms with Gasteiger partial charge in [0.2, 0.25) is 17.6 Å². The molecule has 2 aromatic rings. The van der Waals surface area contributed by atoms with Crippen molar-refractivity contribution in [3.63, 3.8) is 0 Å². The summed E-state index contributed by atoms with van der Waals surface area (Å²) < 4.78 is 16.3. The van der Waals surface area contributed by atoms with Crippen LogP contribution in [0.25, 0.3) is 0 Å². The number of hydrogen-bond donors (Lipinski definition) is 2. The lowest BCUT2D eigenvalue weighted by Gasteiger charge is -2.30. The average molecular weight is 414 g/mol. The highest BCUT2D eigenvalue weighted by atomic mass is 16.5. The van der Waals surface area contributed by atoms with E-state index in [9.17, 15) is 9.59 Å². The predicted octanol–water partition coefficient (Wildman–Crippen LogP) is 2.26. The van der Waals surface area contributed by atoms with Crippen LogP contribution >= 0.6 is 0 Å². The summed E-state index contributed by atoms with van der Waals surface area (Å²) in [7, 11) is 4.59. The smallest absolute Gasteiger partial charge is 0.258 e. The summed E-state index contributed by atoms with van der Waals surface area (Å²) in [5.74, 6) is 1.54. The SMILES string of the molecule is COc1cc(C2CC(=O)Nc3nc(N4CCCCC4)[nH]c(=O)c32)cc(OC)c1OC. The molecule has 1 amide bonds. The number of carbonyl (C=O) groups is 1. The highest BCUT2D eigenvalue weighted by Gasteiger charge is 2.33. The van der Waals surface area contributed by atoms with Gasteiger partial charge in [-0.05, 0) is 37.0 Å². The maximum atomic E-state index is 13.1. The lowest BCUT2D eigenvalue weighted by atomic mass is 9.86. The standard InChI is InChI=1S/C21H26N4O5/c1-28-14-9-12(10-15(29-2)18(14)30-3)13-11-16(26)22-19-17(13)20(27)24-21(23-19)25-7-5-4-6-8-25/h9-10,13H,4-8,11H2,1-3H3,(H2,22,23,24,26,27). The number of nitrogens with one attached hydrogen (secondary N) is 2. The van der Waals surface area contributed by atoms with Crippen LogP contribution in [-0.4, -0.2) is 50.3 Å². The second kappa shape index (κ2) is 8.25. The number of H-pyrrole nitrogens is 1. The van der Waals surface area contributed by atoms with Gasteiger partial charge < -0.3 is 24.4 Å². The number of nitrogens with zero attached hydrogens (tertiary/aromatic N) is 2. The van der Waals surface area contributed by atoms with Crippen LogP contribution in [0.1, 0.15) is 42.7 Å². The molecule has 0 bridgehead atoms. The van der Waals surface area contributed by atoms with Crippen LogP contribution in [0.5, 0.6) is 17.2 Å². The molecule has 4 rings (SSSR count). The third-order valence-electron chi connectivity index (χ3n) is 5.68. The predicted molar refractivity (Wildman–Crippen MR) is 112 cm³/mol. The van der Waals surface area contributed by atoms with E-state index in [1.165, 1.54) is 27.8 Å². The van der Waals surface area contributed by atoms with E-state index in [-0.39, 0.29) is 17.9 Å². The van der Waals surface area contributed by atoms with Gasteiger partial charge in [0, 0.05) is 25.4 Å². The molecular formula is C21H26N4O5. The first kappa shape index (κ1) is 20.1. The zero-order valence-corrected chi connectivity index (χ0v) is 17.4. The molecule has 30 heavy (non-hydrogen) atoms. The zero-order valence-electron chi connectivity index (χ0n) is 17.4. The van der Waals surface area contributed by atoms with Gasteiger partial charge in [-0.1, -0.05) is 0 Å². The lowest BCUT2D eigenvalue weighted by molar-refractivity contribution is -0.116. The number of fused-ring (bicyclic) bond motifs is 1. The molecule has 160 valence electrons. The van der Waals surface area contributed by atoms with Crippen molar-refractivity contribution in [2.45, 2.75) is 31.6 Å². The molecule has 9 nitrogen and oxygen atoms in total. The van der Waals surface area contributed by atoms with Gasteiger partial charge in [-0.15, -0.1) is 0 Å². The monoisotopic (exact) mass is 414 g/mol. The van der Waals surface area contributed by atoms with Gasteiger partial charge >= 0.3 is 0 Å². The Morgan fingerprint density at radius 3 is 2.27 bits per heavy atom. The Labute approximate surface area is 174 Å². The number of rotatable bonds is 5. The first-order valence-corrected chi connectivity index (χ1v) is 10.0. The van der Waals surface area contributed by atoms with E-state index in [2.05, 4.69) is 20.2 Å². The van der Waals surface area contributed by atoms with Crippen molar-refractivity contribution in [3.05, 3.63) is 33.6 Å². The van der Waals surface area contributed by atoms with Crippen molar-refractivity contribution in [1.82, 2.24) is 9.97 Å². The molecule has 0 radical (unpaired) electrons. The van der Waals surface area contributed by atoms with Crippen molar-refractivity contribution >= 4 is 17.7 Å². The molecule has 2 aliphatic heterocycles. The summed E-state index contributed by atoms with van der Waals surface area (Å²) in [6.45, 7) is 1.68. The van der Waals surface area contributed by atoms with Gasteiger partial charge in [0.1, 0.15) is 5.82 Å². The molecule has 1 fully saturated rings. The van der Waals surface area contributed by atoms with E-state index in [4.69, 9.17) is 14.2 Å². The topological polar surface area (TPSA) is 106 Å². The maximum Gasteiger partial charge on any atom is 0.258 e. The second-order valence-electron chi connectivity index (χ2n) is 7.46. The van der Waals surface area contributed by atoms with E-state index >= 15 is 0 Å². The summed E-state index contributed by atoms with van der Waals surface area (Å²) in [6, 6.07) is 3.54. The van der Waals surface area contributed by atoms with E-state index in [1.807, 2.05) is 0 Å². The summed E-state index contributed by atoms with van der Waals surface area (Å²) in [5.41, 5.74) is 0.905. The van der Waals surface area contributed by atoms with Crippen LogP contribution in [0, 0.1) is 0 Å². The quantitative estimate of drug-likeness (QED) is 0.773. The number of benzene rings is 1. The number of amides is 1. The number of aromatic nitrogens is 2. The average Bonchev–Trinajstić information content (AvgIpc) is 2.77. The number of anilines is 2. The third kappa shape index (κ3) is 3.55. The van der Waals surface area contributed by atoms with Crippen molar-refractivity contribution in [1.29, 1.82) is 0 Å². The van der Waals surface area contributed by atoms with Crippen LogP contribution in [0.3, 0.4) is 0 Å². The number of aromatic amines is 1. The Bertz CT molecular complexity index is 988. The molecular weight excluding hydrogens is 388 g/mol. The molecule has 1 unspecified atom stereocenters. The minimum absolute atomic E-state index is 0.124. The van der Waals surface area contributed by atoms with Crippen molar-refractivity contribution in [3.8, 4) is 17.2 Å².